The normalized spacial score (nSPS) is 14.9. The Labute approximate surface area is 104 Å². The van der Waals surface area contributed by atoms with Crippen LogP contribution >= 0.6 is 0 Å². The summed E-state index contributed by atoms with van der Waals surface area (Å²) in [5, 5.41) is 9.11. The molecule has 0 saturated carbocycles. The van der Waals surface area contributed by atoms with E-state index in [2.05, 4.69) is 10.9 Å². The average molecular weight is 246 g/mol. The van der Waals surface area contributed by atoms with Crippen LogP contribution in [0.1, 0.15) is 29.6 Å². The van der Waals surface area contributed by atoms with Gasteiger partial charge in [-0.15, -0.1) is 0 Å². The van der Waals surface area contributed by atoms with Gasteiger partial charge in [0, 0.05) is 23.8 Å². The van der Waals surface area contributed by atoms with Crippen LogP contribution in [-0.4, -0.2) is 16.8 Å². The molecule has 0 atom stereocenters. The molecule has 5 nitrogen and oxygen atoms in total. The number of rotatable bonds is 3. The summed E-state index contributed by atoms with van der Waals surface area (Å²) >= 11 is 0. The number of ketones is 1. The van der Waals surface area contributed by atoms with Gasteiger partial charge in [-0.05, 0) is 37.1 Å². The molecule has 0 unspecified atom stereocenters. The highest BCUT2D eigenvalue weighted by Crippen LogP contribution is 2.12. The molecule has 0 bridgehead atoms. The van der Waals surface area contributed by atoms with Gasteiger partial charge in [0.25, 0.3) is 5.91 Å². The maximum atomic E-state index is 11.7. The summed E-state index contributed by atoms with van der Waals surface area (Å²) in [4.78, 5) is 22.9. The summed E-state index contributed by atoms with van der Waals surface area (Å²) in [6.07, 6.45) is 3.63. The highest BCUT2D eigenvalue weighted by atomic mass is 16.3. The smallest absolute Gasteiger partial charge is 0.269 e. The Morgan fingerprint density at radius 3 is 2.56 bits per heavy atom. The Morgan fingerprint density at radius 2 is 1.89 bits per heavy atom. The Bertz CT molecular complexity index is 491. The lowest BCUT2D eigenvalue weighted by molar-refractivity contribution is -0.115. The fraction of sp³-hybridized carbons (Fsp3) is 0.231. The molecule has 0 fully saturated rings. The van der Waals surface area contributed by atoms with Gasteiger partial charge in [0.2, 0.25) is 0 Å². The van der Waals surface area contributed by atoms with Crippen molar-refractivity contribution in [1.29, 1.82) is 0 Å². The molecule has 1 aromatic carbocycles. The molecule has 5 heteroatoms. The van der Waals surface area contributed by atoms with Crippen molar-refractivity contribution in [1.82, 2.24) is 10.9 Å². The first kappa shape index (κ1) is 12.2. The van der Waals surface area contributed by atoms with Crippen LogP contribution in [0.15, 0.2) is 36.0 Å². The molecule has 1 aliphatic rings. The summed E-state index contributed by atoms with van der Waals surface area (Å²) in [5.41, 5.74) is 6.41. The topological polar surface area (TPSA) is 78.4 Å². The van der Waals surface area contributed by atoms with E-state index in [0.29, 0.717) is 12.0 Å². The van der Waals surface area contributed by atoms with Crippen LogP contribution in [0.3, 0.4) is 0 Å². The van der Waals surface area contributed by atoms with Crippen LogP contribution in [0.4, 0.5) is 0 Å². The highest BCUT2D eigenvalue weighted by Gasteiger charge is 2.11. The first-order valence-corrected chi connectivity index (χ1v) is 5.74. The van der Waals surface area contributed by atoms with Crippen molar-refractivity contribution in [2.75, 3.05) is 0 Å². The lowest BCUT2D eigenvalue weighted by atomic mass is 10.0. The summed E-state index contributed by atoms with van der Waals surface area (Å²) in [7, 11) is 0. The van der Waals surface area contributed by atoms with Crippen LogP contribution in [0.2, 0.25) is 0 Å². The van der Waals surface area contributed by atoms with Crippen molar-refractivity contribution in [3.63, 3.8) is 0 Å². The van der Waals surface area contributed by atoms with E-state index in [0.717, 1.165) is 18.5 Å². The van der Waals surface area contributed by atoms with Gasteiger partial charge in [0.05, 0.1) is 0 Å². The molecule has 0 saturated heterocycles. The number of carbonyl (C=O) groups excluding carboxylic acids is 2. The molecule has 0 radical (unpaired) electrons. The zero-order valence-electron chi connectivity index (χ0n) is 9.77. The van der Waals surface area contributed by atoms with E-state index in [1.165, 1.54) is 30.3 Å². The zero-order valence-corrected chi connectivity index (χ0v) is 9.77. The first-order valence-electron chi connectivity index (χ1n) is 5.74. The first-order chi connectivity index (χ1) is 8.65. The number of hydrogen-bond acceptors (Lipinski definition) is 4. The quantitative estimate of drug-likeness (QED) is 0.702. The molecule has 0 heterocycles. The fourth-order valence-electron chi connectivity index (χ4n) is 1.71. The van der Waals surface area contributed by atoms with Gasteiger partial charge in [-0.1, -0.05) is 0 Å². The second kappa shape index (κ2) is 5.35. The molecular weight excluding hydrogens is 232 g/mol. The van der Waals surface area contributed by atoms with Gasteiger partial charge in [0.15, 0.2) is 5.78 Å². The van der Waals surface area contributed by atoms with Gasteiger partial charge >= 0.3 is 0 Å². The predicted octanol–water partition coefficient (Wildman–Crippen LogP) is 1.26. The molecule has 0 spiro atoms. The maximum absolute atomic E-state index is 11.7. The minimum absolute atomic E-state index is 0.0719. The second-order valence-electron chi connectivity index (χ2n) is 4.12. The number of allylic oxidation sites excluding steroid dienone is 2. The predicted molar refractivity (Wildman–Crippen MR) is 65.6 cm³/mol. The summed E-state index contributed by atoms with van der Waals surface area (Å²) < 4.78 is 0. The molecule has 1 aromatic rings. The van der Waals surface area contributed by atoms with Crippen LogP contribution in [-0.2, 0) is 4.79 Å². The number of hydrazine groups is 1. The highest BCUT2D eigenvalue weighted by molar-refractivity contribution is 5.94. The van der Waals surface area contributed by atoms with Crippen LogP contribution < -0.4 is 10.9 Å². The van der Waals surface area contributed by atoms with Crippen molar-refractivity contribution in [2.24, 2.45) is 0 Å². The molecule has 94 valence electrons. The monoisotopic (exact) mass is 246 g/mol. The van der Waals surface area contributed by atoms with Crippen molar-refractivity contribution in [2.45, 2.75) is 19.3 Å². The van der Waals surface area contributed by atoms with E-state index < -0.39 is 0 Å². The van der Waals surface area contributed by atoms with Gasteiger partial charge in [0.1, 0.15) is 5.75 Å². The number of benzene rings is 1. The molecule has 0 aliphatic heterocycles. The number of phenolic OH excluding ortho intramolecular Hbond substituents is 1. The SMILES string of the molecule is O=C1C=C(NNC(=O)c2ccc(O)cc2)CCC1. The Kier molecular flexibility index (Phi) is 3.62. The van der Waals surface area contributed by atoms with Crippen LogP contribution in [0, 0.1) is 0 Å². The fourth-order valence-corrected chi connectivity index (χ4v) is 1.71. The molecule has 0 aromatic heterocycles. The molecular formula is C13H14N2O3. The summed E-state index contributed by atoms with van der Waals surface area (Å²) in [6, 6.07) is 5.93. The number of phenols is 1. The lowest BCUT2D eigenvalue weighted by Crippen LogP contribution is -2.37. The Balaban J connectivity index is 1.92. The Morgan fingerprint density at radius 1 is 1.17 bits per heavy atom. The van der Waals surface area contributed by atoms with Crippen molar-refractivity contribution in [3.8, 4) is 5.75 Å². The average Bonchev–Trinajstić information content (AvgIpc) is 2.37. The standard InChI is InChI=1S/C13H14N2O3/c16-11-6-4-9(5-7-11)13(18)15-14-10-2-1-3-12(17)8-10/h4-8,14,16H,1-3H2,(H,15,18). The van der Waals surface area contributed by atoms with Gasteiger partial charge < -0.3 is 10.5 Å². The lowest BCUT2D eigenvalue weighted by Gasteiger charge is -2.15. The van der Waals surface area contributed by atoms with Gasteiger partial charge in [-0.25, -0.2) is 0 Å². The minimum atomic E-state index is -0.311. The van der Waals surface area contributed by atoms with E-state index in [4.69, 9.17) is 5.11 Å². The Hall–Kier alpha value is -2.30. The summed E-state index contributed by atoms with van der Waals surface area (Å²) in [5.74, 6) is -0.128. The third-order valence-electron chi connectivity index (χ3n) is 2.67. The summed E-state index contributed by atoms with van der Waals surface area (Å²) in [6.45, 7) is 0. The van der Waals surface area contributed by atoms with E-state index in [-0.39, 0.29) is 17.4 Å². The van der Waals surface area contributed by atoms with E-state index in [1.54, 1.807) is 0 Å². The molecule has 3 N–H and O–H groups in total. The van der Waals surface area contributed by atoms with Crippen LogP contribution in [0.25, 0.3) is 0 Å². The van der Waals surface area contributed by atoms with E-state index in [9.17, 15) is 9.59 Å². The number of amides is 1. The third-order valence-corrected chi connectivity index (χ3v) is 2.67. The van der Waals surface area contributed by atoms with Crippen molar-refractivity contribution in [3.05, 3.63) is 41.6 Å². The molecule has 1 aliphatic carbocycles. The molecule has 18 heavy (non-hydrogen) atoms. The third kappa shape index (κ3) is 3.10. The van der Waals surface area contributed by atoms with Gasteiger partial charge in [-0.3, -0.25) is 15.0 Å². The van der Waals surface area contributed by atoms with E-state index in [1.807, 2.05) is 0 Å². The number of nitrogens with one attached hydrogen (secondary N) is 2. The number of hydrogen-bond donors (Lipinski definition) is 3. The maximum Gasteiger partial charge on any atom is 0.269 e. The largest absolute Gasteiger partial charge is 0.508 e. The van der Waals surface area contributed by atoms with Crippen LogP contribution in [0.5, 0.6) is 5.75 Å². The van der Waals surface area contributed by atoms with Gasteiger partial charge in [-0.2, -0.15) is 0 Å². The zero-order chi connectivity index (χ0) is 13.0. The van der Waals surface area contributed by atoms with Crippen molar-refractivity contribution < 1.29 is 14.7 Å². The molecule has 2 rings (SSSR count). The van der Waals surface area contributed by atoms with E-state index >= 15 is 0 Å². The molecule has 1 amide bonds. The minimum Gasteiger partial charge on any atom is -0.508 e. The number of carbonyl (C=O) groups is 2. The second-order valence-corrected chi connectivity index (χ2v) is 4.12. The number of aromatic hydroxyl groups is 1. The van der Waals surface area contributed by atoms with Crippen molar-refractivity contribution >= 4 is 11.7 Å².